The van der Waals surface area contributed by atoms with Crippen LogP contribution < -0.4 is 18.1 Å². The van der Waals surface area contributed by atoms with Gasteiger partial charge >= 0.3 is 5.97 Å². The minimum atomic E-state index is -0.481. The minimum Gasteiger partial charge on any atom is -1.00 e. The van der Waals surface area contributed by atoms with Crippen molar-refractivity contribution in [3.63, 3.8) is 0 Å². The van der Waals surface area contributed by atoms with Crippen LogP contribution in [0.3, 0.4) is 0 Å². The fourth-order valence-corrected chi connectivity index (χ4v) is 0.307. The lowest BCUT2D eigenvalue weighted by Gasteiger charge is -2.18. The fraction of sp³-hybridized carbons (Fsp3) is 0.333. The number of amides is 1. The zero-order valence-electron chi connectivity index (χ0n) is 9.20. The fourth-order valence-electron chi connectivity index (χ4n) is 0.307. The van der Waals surface area contributed by atoms with Crippen LogP contribution in [0.25, 0.3) is 0 Å². The van der Waals surface area contributed by atoms with Crippen LogP contribution in [0.2, 0.25) is 0 Å². The first-order valence-corrected chi connectivity index (χ1v) is 3.82. The highest BCUT2D eigenvalue weighted by Gasteiger charge is 2.11. The Morgan fingerprint density at radius 1 is 1.20 bits per heavy atom. The Morgan fingerprint density at radius 2 is 1.53 bits per heavy atom. The number of quaternary nitrogens is 1. The lowest BCUT2D eigenvalue weighted by molar-refractivity contribution is -1.04. The van der Waals surface area contributed by atoms with E-state index in [4.69, 9.17) is 4.84 Å². The second-order valence-electron chi connectivity index (χ2n) is 3.11. The van der Waals surface area contributed by atoms with Crippen LogP contribution in [0, 0.1) is 0 Å². The Morgan fingerprint density at radius 3 is 1.60 bits per heavy atom. The molecule has 5 nitrogen and oxygen atoms in total. The summed E-state index contributed by atoms with van der Waals surface area (Å²) in [6, 6.07) is 0. The second kappa shape index (κ2) is 9.23. The summed E-state index contributed by atoms with van der Waals surface area (Å²) in [6.07, 6.45) is 2.20. The zero-order chi connectivity index (χ0) is 11.8. The van der Waals surface area contributed by atoms with Gasteiger partial charge in [-0.15, -0.1) is 4.65 Å². The molecule has 0 aliphatic carbocycles. The van der Waals surface area contributed by atoms with Gasteiger partial charge in [0.15, 0.2) is 0 Å². The first-order valence-electron chi connectivity index (χ1n) is 3.82. The molecule has 0 aliphatic rings. The molecular weight excluding hydrogens is 220 g/mol. The molecule has 0 aromatic heterocycles. The smallest absolute Gasteiger partial charge is 0.389 e. The van der Waals surface area contributed by atoms with Crippen LogP contribution >= 0.6 is 0 Å². The molecule has 88 valence electrons. The normalized spacial score (nSPS) is 8.47. The van der Waals surface area contributed by atoms with Gasteiger partial charge in [-0.2, -0.15) is 0 Å². The third-order valence-corrected chi connectivity index (χ3v) is 0.732. The molecule has 0 bridgehead atoms. The number of nitrogens with zero attached hydrogens (tertiary/aromatic N) is 1. The molecule has 0 fully saturated rings. The first-order chi connectivity index (χ1) is 6.22. The van der Waals surface area contributed by atoms with E-state index in [9.17, 15) is 9.59 Å². The third-order valence-electron chi connectivity index (χ3n) is 0.732. The molecule has 0 radical (unpaired) electrons. The van der Waals surface area contributed by atoms with E-state index in [1.807, 2.05) is 0 Å². The van der Waals surface area contributed by atoms with Crippen molar-refractivity contribution < 1.29 is 31.5 Å². The Bertz CT molecular complexity index is 234. The summed E-state index contributed by atoms with van der Waals surface area (Å²) in [5, 5.41) is 0. The Hall–Kier alpha value is -1.33. The van der Waals surface area contributed by atoms with Gasteiger partial charge < -0.3 is 18.1 Å². The van der Waals surface area contributed by atoms with E-state index in [-0.39, 0.29) is 17.1 Å². The molecule has 0 spiro atoms. The molecule has 0 aromatic rings. The lowest BCUT2D eigenvalue weighted by Crippen LogP contribution is -3.00. The van der Waals surface area contributed by atoms with Gasteiger partial charge in [-0.25, -0.2) is 4.79 Å². The molecule has 2 N–H and O–H groups in total. The maximum Gasteiger partial charge on any atom is 0.389 e. The monoisotopic (exact) mass is 236 g/mol. The van der Waals surface area contributed by atoms with E-state index in [1.54, 1.807) is 21.1 Å². The van der Waals surface area contributed by atoms with Gasteiger partial charge in [0.2, 0.25) is 5.91 Å². The van der Waals surface area contributed by atoms with Gasteiger partial charge in [0.25, 0.3) is 0 Å². The summed E-state index contributed by atoms with van der Waals surface area (Å²) < 4.78 is 0.171. The van der Waals surface area contributed by atoms with Gasteiger partial charge in [0, 0.05) is 6.08 Å². The number of hydrogen-bond acceptors (Lipinski definition) is 3. The van der Waals surface area contributed by atoms with Crippen molar-refractivity contribution in [1.82, 2.24) is 0 Å². The molecule has 0 heterocycles. The molecule has 1 amide bonds. The molecule has 0 saturated heterocycles. The quantitative estimate of drug-likeness (QED) is 0.323. The van der Waals surface area contributed by atoms with Gasteiger partial charge in [-0.05, 0) is 6.08 Å². The Balaban J connectivity index is -0.000000208. The molecule has 15 heavy (non-hydrogen) atoms. The van der Waals surface area contributed by atoms with Gasteiger partial charge in [0.1, 0.15) is 21.1 Å². The van der Waals surface area contributed by atoms with E-state index < -0.39 is 11.9 Å². The molecule has 6 heteroatoms. The van der Waals surface area contributed by atoms with Crippen molar-refractivity contribution in [3.8, 4) is 0 Å². The van der Waals surface area contributed by atoms with Crippen LogP contribution in [0.15, 0.2) is 25.3 Å². The van der Waals surface area contributed by atoms with Crippen LogP contribution in [-0.4, -0.2) is 37.7 Å². The van der Waals surface area contributed by atoms with Crippen molar-refractivity contribution in [2.45, 2.75) is 0 Å². The van der Waals surface area contributed by atoms with Crippen LogP contribution in [0.4, 0.5) is 0 Å². The third kappa shape index (κ3) is 24.5. The maximum atomic E-state index is 10.5. The van der Waals surface area contributed by atoms with Crippen molar-refractivity contribution in [3.05, 3.63) is 25.3 Å². The molecule has 0 saturated carbocycles. The molecule has 0 unspecified atom stereocenters. The summed E-state index contributed by atoms with van der Waals surface area (Å²) in [4.78, 5) is 24.7. The van der Waals surface area contributed by atoms with E-state index in [0.29, 0.717) is 0 Å². The summed E-state index contributed by atoms with van der Waals surface area (Å²) >= 11 is 0. The van der Waals surface area contributed by atoms with Crippen molar-refractivity contribution in [2.75, 3.05) is 21.1 Å². The minimum absolute atomic E-state index is 0. The molecule has 0 aromatic carbocycles. The van der Waals surface area contributed by atoms with Gasteiger partial charge in [-0.3, -0.25) is 9.63 Å². The van der Waals surface area contributed by atoms with Crippen LogP contribution in [-0.2, 0) is 14.4 Å². The lowest BCUT2D eigenvalue weighted by atomic mass is 10.6. The number of carbonyl (C=O) groups is 2. The molecule has 0 aliphatic heterocycles. The SMILES string of the molecule is C=CC(=O)O[N+](C)(C)C.C=CC(N)=O.[Cl-]. The zero-order valence-corrected chi connectivity index (χ0v) is 9.95. The number of hydrogen-bond donors (Lipinski definition) is 1. The second-order valence-corrected chi connectivity index (χ2v) is 3.11. The van der Waals surface area contributed by atoms with E-state index in [2.05, 4.69) is 18.9 Å². The highest BCUT2D eigenvalue weighted by molar-refractivity contribution is 5.85. The number of hydroxylamine groups is 3. The summed E-state index contributed by atoms with van der Waals surface area (Å²) in [5.74, 6) is -0.882. The van der Waals surface area contributed by atoms with Gasteiger partial charge in [-0.1, -0.05) is 13.2 Å². The topological polar surface area (TPSA) is 69.4 Å². The predicted octanol–water partition coefficient (Wildman–Crippen LogP) is -3.00. The van der Waals surface area contributed by atoms with Crippen molar-refractivity contribution >= 4 is 11.9 Å². The molecular formula is C9H17ClN2O3. The largest absolute Gasteiger partial charge is 1.00 e. The summed E-state index contributed by atoms with van der Waals surface area (Å²) in [7, 11) is 5.25. The van der Waals surface area contributed by atoms with Crippen molar-refractivity contribution in [2.24, 2.45) is 5.73 Å². The summed E-state index contributed by atoms with van der Waals surface area (Å²) in [6.45, 7) is 6.35. The van der Waals surface area contributed by atoms with Gasteiger partial charge in [0.05, 0.1) is 0 Å². The van der Waals surface area contributed by atoms with E-state index >= 15 is 0 Å². The number of rotatable bonds is 3. The van der Waals surface area contributed by atoms with E-state index in [1.165, 1.54) is 0 Å². The number of carbonyl (C=O) groups excluding carboxylic acids is 2. The standard InChI is InChI=1S/C6H12NO2.C3H5NO.ClH/c1-5-6(8)9-7(2,3)4;1-2-3(4)5;/h5H,1H2,2-4H3;2H,1H2,(H2,4,5);1H/q+1;;/p-1. The number of halogens is 1. The maximum absolute atomic E-state index is 10.5. The van der Waals surface area contributed by atoms with Crippen LogP contribution in [0.5, 0.6) is 0 Å². The average molecular weight is 237 g/mol. The highest BCUT2D eigenvalue weighted by atomic mass is 35.5. The molecule has 0 rings (SSSR count). The Kier molecular flexibility index (Phi) is 11.9. The van der Waals surface area contributed by atoms with Crippen molar-refractivity contribution in [1.29, 1.82) is 0 Å². The summed E-state index contributed by atoms with van der Waals surface area (Å²) in [5.41, 5.74) is 4.53. The molecule has 0 atom stereocenters. The number of primary amides is 1. The predicted molar refractivity (Wildman–Crippen MR) is 53.7 cm³/mol. The number of nitrogens with two attached hydrogens (primary N) is 1. The average Bonchev–Trinajstić information content (AvgIpc) is 2.02. The highest BCUT2D eigenvalue weighted by Crippen LogP contribution is 1.92. The first kappa shape index (κ1) is 19.3. The Labute approximate surface area is 96.1 Å². The van der Waals surface area contributed by atoms with Crippen LogP contribution in [0.1, 0.15) is 0 Å². The van der Waals surface area contributed by atoms with E-state index in [0.717, 1.165) is 12.2 Å².